The maximum absolute atomic E-state index is 12.9. The molecule has 6 heteroatoms. The van der Waals surface area contributed by atoms with Crippen LogP contribution in [0.1, 0.15) is 36.6 Å². The summed E-state index contributed by atoms with van der Waals surface area (Å²) in [5.41, 5.74) is -0.00438. The molecular formula is C15H12ClF3N2. The van der Waals surface area contributed by atoms with E-state index in [9.17, 15) is 13.2 Å². The number of benzene rings is 1. The van der Waals surface area contributed by atoms with Crippen molar-refractivity contribution in [2.45, 2.75) is 25.9 Å². The molecule has 0 bridgehead atoms. The quantitative estimate of drug-likeness (QED) is 0.797. The van der Waals surface area contributed by atoms with Crippen LogP contribution in [0.4, 0.5) is 13.2 Å². The Labute approximate surface area is 125 Å². The molecule has 110 valence electrons. The highest BCUT2D eigenvalue weighted by Gasteiger charge is 2.39. The van der Waals surface area contributed by atoms with Crippen LogP contribution in [0, 0.1) is 11.3 Å². The van der Waals surface area contributed by atoms with Gasteiger partial charge in [0.1, 0.15) is 17.3 Å². The highest BCUT2D eigenvalue weighted by atomic mass is 35.5. The third kappa shape index (κ3) is 2.91. The van der Waals surface area contributed by atoms with E-state index in [1.165, 1.54) is 6.07 Å². The van der Waals surface area contributed by atoms with Gasteiger partial charge in [-0.15, -0.1) is 0 Å². The summed E-state index contributed by atoms with van der Waals surface area (Å²) in [7, 11) is 0. The van der Waals surface area contributed by atoms with E-state index in [2.05, 4.69) is 4.98 Å². The van der Waals surface area contributed by atoms with E-state index in [-0.39, 0.29) is 5.69 Å². The van der Waals surface area contributed by atoms with E-state index in [0.717, 1.165) is 5.56 Å². The zero-order valence-corrected chi connectivity index (χ0v) is 12.1. The van der Waals surface area contributed by atoms with Gasteiger partial charge in [-0.2, -0.15) is 18.4 Å². The highest BCUT2D eigenvalue weighted by molar-refractivity contribution is 6.34. The molecule has 0 unspecified atom stereocenters. The molecule has 21 heavy (non-hydrogen) atoms. The van der Waals surface area contributed by atoms with Gasteiger partial charge < -0.3 is 4.98 Å². The molecule has 0 fully saturated rings. The fourth-order valence-electron chi connectivity index (χ4n) is 2.06. The summed E-state index contributed by atoms with van der Waals surface area (Å²) in [5, 5.41) is 8.37. The maximum Gasteiger partial charge on any atom is 0.420 e. The molecule has 1 aromatic carbocycles. The van der Waals surface area contributed by atoms with Gasteiger partial charge in [-0.05, 0) is 17.0 Å². The molecule has 0 aliphatic carbocycles. The molecule has 1 heterocycles. The van der Waals surface area contributed by atoms with Gasteiger partial charge in [-0.25, -0.2) is 0 Å². The predicted octanol–water partition coefficient (Wildman–Crippen LogP) is 5.35. The second-order valence-corrected chi connectivity index (χ2v) is 5.33. The molecule has 0 radical (unpaired) electrons. The Morgan fingerprint density at radius 2 is 1.76 bits per heavy atom. The van der Waals surface area contributed by atoms with Crippen molar-refractivity contribution in [2.75, 3.05) is 0 Å². The Kier molecular flexibility index (Phi) is 4.02. The number of nitrogens with one attached hydrogen (secondary N) is 1. The van der Waals surface area contributed by atoms with Crippen LogP contribution in [0.15, 0.2) is 24.3 Å². The molecular weight excluding hydrogens is 301 g/mol. The number of aromatic amines is 1. The predicted molar refractivity (Wildman–Crippen MR) is 75.0 cm³/mol. The lowest BCUT2D eigenvalue weighted by Crippen LogP contribution is -2.06. The van der Waals surface area contributed by atoms with E-state index in [1.807, 2.05) is 26.0 Å². The fraction of sp³-hybridized carbons (Fsp3) is 0.267. The summed E-state index contributed by atoms with van der Waals surface area (Å²) in [6.45, 7) is 4.04. The zero-order chi connectivity index (χ0) is 15.8. The van der Waals surface area contributed by atoms with Crippen LogP contribution in [-0.2, 0) is 6.18 Å². The van der Waals surface area contributed by atoms with Crippen molar-refractivity contribution in [2.24, 2.45) is 0 Å². The first-order chi connectivity index (χ1) is 9.75. The minimum absolute atomic E-state index is 0.107. The summed E-state index contributed by atoms with van der Waals surface area (Å²) in [4.78, 5) is 2.46. The van der Waals surface area contributed by atoms with Crippen molar-refractivity contribution in [3.8, 4) is 17.3 Å². The van der Waals surface area contributed by atoms with Crippen LogP contribution in [0.3, 0.4) is 0 Å². The van der Waals surface area contributed by atoms with E-state index in [0.29, 0.717) is 11.5 Å². The largest absolute Gasteiger partial charge is 0.420 e. The molecule has 0 amide bonds. The SMILES string of the molecule is CC(C)c1ccc(-c2[nH]c(C#N)c(C(F)(F)F)c2Cl)cc1. The minimum Gasteiger partial charge on any atom is -0.345 e. The van der Waals surface area contributed by atoms with Crippen molar-refractivity contribution < 1.29 is 13.2 Å². The van der Waals surface area contributed by atoms with Gasteiger partial charge in [0.05, 0.1) is 10.7 Å². The summed E-state index contributed by atoms with van der Waals surface area (Å²) < 4.78 is 38.8. The molecule has 2 rings (SSSR count). The van der Waals surface area contributed by atoms with Crippen LogP contribution in [0.5, 0.6) is 0 Å². The first-order valence-corrected chi connectivity index (χ1v) is 6.62. The second kappa shape index (κ2) is 5.45. The van der Waals surface area contributed by atoms with Crippen molar-refractivity contribution in [3.05, 3.63) is 46.1 Å². The Bertz CT molecular complexity index is 691. The Morgan fingerprint density at radius 1 is 1.19 bits per heavy atom. The molecule has 2 nitrogen and oxygen atoms in total. The van der Waals surface area contributed by atoms with Crippen LogP contribution in [-0.4, -0.2) is 4.98 Å². The first-order valence-electron chi connectivity index (χ1n) is 6.24. The van der Waals surface area contributed by atoms with E-state index >= 15 is 0 Å². The van der Waals surface area contributed by atoms with Crippen molar-refractivity contribution >= 4 is 11.6 Å². The monoisotopic (exact) mass is 312 g/mol. The van der Waals surface area contributed by atoms with Crippen LogP contribution in [0.25, 0.3) is 11.3 Å². The number of hydrogen-bond donors (Lipinski definition) is 1. The topological polar surface area (TPSA) is 39.6 Å². The summed E-state index contributed by atoms with van der Waals surface area (Å²) >= 11 is 5.83. The van der Waals surface area contributed by atoms with Gasteiger partial charge in [-0.1, -0.05) is 49.7 Å². The molecule has 0 saturated carbocycles. The average molecular weight is 313 g/mol. The van der Waals surface area contributed by atoms with E-state index in [4.69, 9.17) is 16.9 Å². The van der Waals surface area contributed by atoms with Crippen LogP contribution < -0.4 is 0 Å². The Hall–Kier alpha value is -1.93. The van der Waals surface area contributed by atoms with Gasteiger partial charge in [0, 0.05) is 0 Å². The smallest absolute Gasteiger partial charge is 0.345 e. The summed E-state index contributed by atoms with van der Waals surface area (Å²) in [5.74, 6) is 0.318. The number of aromatic nitrogens is 1. The van der Waals surface area contributed by atoms with Gasteiger partial charge in [0.2, 0.25) is 0 Å². The minimum atomic E-state index is -4.67. The molecule has 1 N–H and O–H groups in total. The third-order valence-corrected chi connectivity index (χ3v) is 3.58. The average Bonchev–Trinajstić information content (AvgIpc) is 2.75. The number of rotatable bonds is 2. The molecule has 2 aromatic rings. The number of alkyl halides is 3. The number of H-pyrrole nitrogens is 1. The van der Waals surface area contributed by atoms with Gasteiger partial charge in [-0.3, -0.25) is 0 Å². The third-order valence-electron chi connectivity index (χ3n) is 3.20. The Morgan fingerprint density at radius 3 is 2.14 bits per heavy atom. The molecule has 1 aromatic heterocycles. The molecule has 0 atom stereocenters. The normalized spacial score (nSPS) is 11.7. The highest BCUT2D eigenvalue weighted by Crippen LogP contribution is 2.42. The van der Waals surface area contributed by atoms with Crippen LogP contribution in [0.2, 0.25) is 5.02 Å². The Balaban J connectivity index is 2.56. The molecule has 0 aliphatic heterocycles. The number of nitriles is 1. The van der Waals surface area contributed by atoms with Crippen molar-refractivity contribution in [3.63, 3.8) is 0 Å². The van der Waals surface area contributed by atoms with E-state index < -0.39 is 22.5 Å². The lowest BCUT2D eigenvalue weighted by Gasteiger charge is -2.07. The second-order valence-electron chi connectivity index (χ2n) is 4.95. The molecule has 0 spiro atoms. The van der Waals surface area contributed by atoms with Gasteiger partial charge in [0.25, 0.3) is 0 Å². The standard InChI is InChI=1S/C15H12ClF3N2/c1-8(2)9-3-5-10(6-4-9)14-13(16)12(15(17,18)19)11(7-20)21-14/h3-6,8,21H,1-2H3. The zero-order valence-electron chi connectivity index (χ0n) is 11.3. The van der Waals surface area contributed by atoms with Gasteiger partial charge in [0.15, 0.2) is 0 Å². The lowest BCUT2D eigenvalue weighted by molar-refractivity contribution is -0.137. The number of hydrogen-bond acceptors (Lipinski definition) is 1. The maximum atomic E-state index is 12.9. The lowest BCUT2D eigenvalue weighted by atomic mass is 10.0. The summed E-state index contributed by atoms with van der Waals surface area (Å²) in [6, 6.07) is 8.54. The van der Waals surface area contributed by atoms with Crippen LogP contribution >= 0.6 is 11.6 Å². The first kappa shape index (κ1) is 15.5. The van der Waals surface area contributed by atoms with Gasteiger partial charge >= 0.3 is 6.18 Å². The fourth-order valence-corrected chi connectivity index (χ4v) is 2.42. The molecule has 0 saturated heterocycles. The van der Waals surface area contributed by atoms with Crippen molar-refractivity contribution in [1.29, 1.82) is 5.26 Å². The number of halogens is 4. The summed E-state index contributed by atoms with van der Waals surface area (Å²) in [6.07, 6.45) is -4.67. The van der Waals surface area contributed by atoms with Crippen molar-refractivity contribution in [1.82, 2.24) is 4.98 Å². The number of nitrogens with zero attached hydrogens (tertiary/aromatic N) is 1. The van der Waals surface area contributed by atoms with E-state index in [1.54, 1.807) is 12.1 Å². The molecule has 0 aliphatic rings.